The predicted molar refractivity (Wildman–Crippen MR) is 144 cm³/mol. The smallest absolute Gasteiger partial charge is 0.164 e. The summed E-state index contributed by atoms with van der Waals surface area (Å²) in [5.41, 5.74) is 17.6. The van der Waals surface area contributed by atoms with Gasteiger partial charge in [-0.3, -0.25) is 4.98 Å². The van der Waals surface area contributed by atoms with E-state index in [0.717, 1.165) is 16.8 Å². The molecule has 6 rings (SSSR count). The molecule has 0 amide bonds. The first kappa shape index (κ1) is 23.3. The van der Waals surface area contributed by atoms with Crippen LogP contribution in [0.3, 0.4) is 0 Å². The number of allylic oxidation sites excluding steroid dienone is 1. The van der Waals surface area contributed by atoms with Crippen molar-refractivity contribution in [1.82, 2.24) is 24.7 Å². The summed E-state index contributed by atoms with van der Waals surface area (Å²) in [6, 6.07) is 12.7. The zero-order valence-electron chi connectivity index (χ0n) is 20.4. The molecule has 8 nitrogen and oxygen atoms in total. The van der Waals surface area contributed by atoms with E-state index in [1.165, 1.54) is 24.5 Å². The molecule has 0 aliphatic carbocycles. The molecule has 1 aliphatic heterocycles. The largest absolute Gasteiger partial charge is 0.396 e. The summed E-state index contributed by atoms with van der Waals surface area (Å²) in [7, 11) is 0. The highest BCUT2D eigenvalue weighted by molar-refractivity contribution is 5.99. The van der Waals surface area contributed by atoms with Crippen LogP contribution in [0.2, 0.25) is 0 Å². The zero-order chi connectivity index (χ0) is 26.6. The SMILES string of the molecule is C=C1c2c(C)ccnc2C=C(Cn2nc(-c3ccc(F)c(N)c3)c3c(N)ncnc32)N1c1ccccc1F. The number of benzene rings is 2. The molecule has 10 heteroatoms. The number of para-hydroxylation sites is 1. The van der Waals surface area contributed by atoms with E-state index >= 15 is 4.39 Å². The van der Waals surface area contributed by atoms with E-state index in [1.807, 2.05) is 19.1 Å². The number of hydrogen-bond donors (Lipinski definition) is 2. The number of fused-ring (bicyclic) bond motifs is 2. The van der Waals surface area contributed by atoms with Crippen molar-refractivity contribution in [3.8, 4) is 11.3 Å². The molecular formula is C28H22F2N8. The number of anilines is 3. The summed E-state index contributed by atoms with van der Waals surface area (Å²) in [6.45, 7) is 6.44. The van der Waals surface area contributed by atoms with Crippen molar-refractivity contribution >= 4 is 40.0 Å². The van der Waals surface area contributed by atoms with Gasteiger partial charge in [-0.15, -0.1) is 0 Å². The van der Waals surface area contributed by atoms with Crippen LogP contribution in [0.25, 0.3) is 34.1 Å². The summed E-state index contributed by atoms with van der Waals surface area (Å²) in [5.74, 6) is -0.715. The van der Waals surface area contributed by atoms with Gasteiger partial charge in [0, 0.05) is 28.7 Å². The number of nitrogens with zero attached hydrogens (tertiary/aromatic N) is 6. The first-order valence-electron chi connectivity index (χ1n) is 11.8. The van der Waals surface area contributed by atoms with Crippen LogP contribution < -0.4 is 16.4 Å². The average Bonchev–Trinajstić information content (AvgIpc) is 3.26. The van der Waals surface area contributed by atoms with Gasteiger partial charge in [-0.1, -0.05) is 18.7 Å². The van der Waals surface area contributed by atoms with Crippen LogP contribution in [0.4, 0.5) is 26.0 Å². The maximum atomic E-state index is 15.1. The molecule has 2 aromatic carbocycles. The van der Waals surface area contributed by atoms with Crippen molar-refractivity contribution in [2.45, 2.75) is 13.5 Å². The second kappa shape index (κ2) is 8.77. The molecule has 4 N–H and O–H groups in total. The molecular weight excluding hydrogens is 486 g/mol. The monoisotopic (exact) mass is 508 g/mol. The quantitative estimate of drug-likeness (QED) is 0.322. The number of halogens is 2. The van der Waals surface area contributed by atoms with Crippen LogP contribution in [0, 0.1) is 18.6 Å². The van der Waals surface area contributed by atoms with E-state index in [-0.39, 0.29) is 18.1 Å². The second-order valence-electron chi connectivity index (χ2n) is 8.96. The lowest BCUT2D eigenvalue weighted by Gasteiger charge is -2.34. The van der Waals surface area contributed by atoms with Gasteiger partial charge in [0.05, 0.1) is 29.0 Å². The molecule has 0 spiro atoms. The van der Waals surface area contributed by atoms with Crippen molar-refractivity contribution in [3.63, 3.8) is 0 Å². The van der Waals surface area contributed by atoms with E-state index in [0.29, 0.717) is 39.4 Å². The third-order valence-corrected chi connectivity index (χ3v) is 6.57. The Morgan fingerprint density at radius 1 is 0.974 bits per heavy atom. The Balaban J connectivity index is 1.55. The van der Waals surface area contributed by atoms with Crippen LogP contribution in [-0.4, -0.2) is 24.7 Å². The fourth-order valence-corrected chi connectivity index (χ4v) is 4.81. The number of nitrogens with two attached hydrogens (primary N) is 2. The molecule has 1 aliphatic rings. The normalized spacial score (nSPS) is 13.1. The van der Waals surface area contributed by atoms with Gasteiger partial charge in [0.2, 0.25) is 0 Å². The Labute approximate surface area is 216 Å². The zero-order valence-corrected chi connectivity index (χ0v) is 20.4. The van der Waals surface area contributed by atoms with E-state index in [2.05, 4.69) is 21.5 Å². The van der Waals surface area contributed by atoms with Crippen LogP contribution in [-0.2, 0) is 6.54 Å². The van der Waals surface area contributed by atoms with Gasteiger partial charge in [-0.2, -0.15) is 5.10 Å². The van der Waals surface area contributed by atoms with Gasteiger partial charge in [-0.05, 0) is 55.0 Å². The second-order valence-corrected chi connectivity index (χ2v) is 8.96. The van der Waals surface area contributed by atoms with Crippen LogP contribution >= 0.6 is 0 Å². The molecule has 4 heterocycles. The van der Waals surface area contributed by atoms with Gasteiger partial charge in [-0.25, -0.2) is 23.4 Å². The molecule has 0 saturated heterocycles. The Kier molecular flexibility index (Phi) is 5.37. The minimum atomic E-state index is -0.533. The Hall–Kier alpha value is -5.12. The summed E-state index contributed by atoms with van der Waals surface area (Å²) >= 11 is 0. The van der Waals surface area contributed by atoms with Crippen molar-refractivity contribution in [2.24, 2.45) is 0 Å². The molecule has 188 valence electrons. The van der Waals surface area contributed by atoms with Crippen LogP contribution in [0.1, 0.15) is 16.8 Å². The van der Waals surface area contributed by atoms with Gasteiger partial charge >= 0.3 is 0 Å². The first-order valence-corrected chi connectivity index (χ1v) is 11.8. The lowest BCUT2D eigenvalue weighted by Crippen LogP contribution is -2.28. The van der Waals surface area contributed by atoms with E-state index in [9.17, 15) is 4.39 Å². The minimum Gasteiger partial charge on any atom is -0.396 e. The van der Waals surface area contributed by atoms with Crippen molar-refractivity contribution in [3.05, 3.63) is 102 Å². The molecule has 0 bridgehead atoms. The highest BCUT2D eigenvalue weighted by Crippen LogP contribution is 2.39. The fraction of sp³-hybridized carbons (Fsp3) is 0.0714. The maximum absolute atomic E-state index is 15.1. The number of nitrogen functional groups attached to an aromatic ring is 2. The molecule has 0 saturated carbocycles. The van der Waals surface area contributed by atoms with Gasteiger partial charge in [0.25, 0.3) is 0 Å². The van der Waals surface area contributed by atoms with E-state index < -0.39 is 11.6 Å². The molecule has 5 aromatic rings. The third-order valence-electron chi connectivity index (χ3n) is 6.57. The number of aromatic nitrogens is 5. The summed E-state index contributed by atoms with van der Waals surface area (Å²) in [4.78, 5) is 14.9. The number of rotatable bonds is 4. The summed E-state index contributed by atoms with van der Waals surface area (Å²) < 4.78 is 30.6. The summed E-state index contributed by atoms with van der Waals surface area (Å²) in [5, 5.41) is 5.28. The third kappa shape index (κ3) is 3.65. The lowest BCUT2D eigenvalue weighted by atomic mass is 9.98. The predicted octanol–water partition coefficient (Wildman–Crippen LogP) is 5.17. The molecule has 38 heavy (non-hydrogen) atoms. The van der Waals surface area contributed by atoms with Gasteiger partial charge in [0.15, 0.2) is 5.65 Å². The van der Waals surface area contributed by atoms with Crippen LogP contribution in [0.5, 0.6) is 0 Å². The molecule has 0 radical (unpaired) electrons. The van der Waals surface area contributed by atoms with Crippen LogP contribution in [0.15, 0.2) is 73.3 Å². The number of aryl methyl sites for hydroxylation is 1. The number of hydrogen-bond acceptors (Lipinski definition) is 7. The van der Waals surface area contributed by atoms with E-state index in [4.69, 9.17) is 16.6 Å². The number of pyridine rings is 1. The minimum absolute atomic E-state index is 0.0179. The first-order chi connectivity index (χ1) is 18.3. The lowest BCUT2D eigenvalue weighted by molar-refractivity contribution is 0.624. The van der Waals surface area contributed by atoms with Crippen molar-refractivity contribution in [1.29, 1.82) is 0 Å². The van der Waals surface area contributed by atoms with Crippen molar-refractivity contribution < 1.29 is 8.78 Å². The fourth-order valence-electron chi connectivity index (χ4n) is 4.81. The summed E-state index contributed by atoms with van der Waals surface area (Å²) in [6.07, 6.45) is 4.96. The Morgan fingerprint density at radius 2 is 1.79 bits per heavy atom. The van der Waals surface area contributed by atoms with Gasteiger partial charge < -0.3 is 16.4 Å². The molecule has 0 atom stereocenters. The molecule has 3 aromatic heterocycles. The Bertz CT molecular complexity index is 1790. The average molecular weight is 509 g/mol. The maximum Gasteiger partial charge on any atom is 0.164 e. The van der Waals surface area contributed by atoms with E-state index in [1.54, 1.807) is 40.0 Å². The standard InChI is InChI=1S/C28H22F2N8/c1-15-9-10-33-22-12-18(38(16(2)24(15)22)23-6-4-3-5-20(23)30)13-37-28-25(27(32)34-14-35-28)26(36-37)17-7-8-19(29)21(31)11-17/h3-12,14H,2,13,31H2,1H3,(H2,32,34,35). The topological polar surface area (TPSA) is 112 Å². The molecule has 0 unspecified atom stereocenters. The highest BCUT2D eigenvalue weighted by atomic mass is 19.1. The van der Waals surface area contributed by atoms with Gasteiger partial charge in [0.1, 0.15) is 29.5 Å². The highest BCUT2D eigenvalue weighted by Gasteiger charge is 2.29. The molecule has 0 fully saturated rings. The van der Waals surface area contributed by atoms with Crippen molar-refractivity contribution in [2.75, 3.05) is 16.4 Å². The Morgan fingerprint density at radius 3 is 2.58 bits per heavy atom.